The number of nitrogens with one attached hydrogen (secondary N) is 1. The van der Waals surface area contributed by atoms with E-state index in [0.29, 0.717) is 21.8 Å². The number of carbonyl (C=O) groups is 1. The average Bonchev–Trinajstić information content (AvgIpc) is 3.57. The number of ether oxygens (including phenoxy) is 2. The minimum absolute atomic E-state index is 0.0238. The van der Waals surface area contributed by atoms with E-state index in [1.165, 1.54) is 23.4 Å². The van der Waals surface area contributed by atoms with Crippen molar-refractivity contribution in [2.75, 3.05) is 17.7 Å². The van der Waals surface area contributed by atoms with Gasteiger partial charge >= 0.3 is 6.09 Å². The topological polar surface area (TPSA) is 115 Å². The quantitative estimate of drug-likeness (QED) is 0.186. The molecule has 1 radical (unpaired) electrons. The largest absolute Gasteiger partial charge is 0.443 e. The van der Waals surface area contributed by atoms with Crippen LogP contribution in [0, 0.1) is 11.6 Å². The van der Waals surface area contributed by atoms with Crippen LogP contribution in [0.5, 0.6) is 0 Å². The van der Waals surface area contributed by atoms with E-state index in [0.717, 1.165) is 18.2 Å². The van der Waals surface area contributed by atoms with E-state index in [4.69, 9.17) is 21.1 Å². The number of hydrogen-bond donors (Lipinski definition) is 1. The third-order valence-electron chi connectivity index (χ3n) is 6.22. The summed E-state index contributed by atoms with van der Waals surface area (Å²) in [6.45, 7) is 9.70. The van der Waals surface area contributed by atoms with E-state index in [-0.39, 0.29) is 35.3 Å². The highest BCUT2D eigenvalue weighted by Crippen LogP contribution is 2.33. The van der Waals surface area contributed by atoms with Gasteiger partial charge < -0.3 is 14.8 Å². The summed E-state index contributed by atoms with van der Waals surface area (Å²) in [5.74, 6) is -1.54. The number of sulfonamides is 1. The summed E-state index contributed by atoms with van der Waals surface area (Å²) in [5.41, 5.74) is 1.17. The fourth-order valence-corrected chi connectivity index (χ4v) is 7.30. The minimum Gasteiger partial charge on any atom is -0.443 e. The van der Waals surface area contributed by atoms with Crippen LogP contribution in [-0.2, 0) is 32.8 Å². The van der Waals surface area contributed by atoms with Gasteiger partial charge in [0.25, 0.3) is 10.0 Å². The van der Waals surface area contributed by atoms with E-state index < -0.39 is 53.2 Å². The lowest BCUT2D eigenvalue weighted by Crippen LogP contribution is -2.46. The molecule has 1 amide bonds. The molecule has 3 aromatic rings. The number of anilines is 1. The van der Waals surface area contributed by atoms with Crippen molar-refractivity contribution in [3.05, 3.63) is 52.7 Å². The first-order valence-electron chi connectivity index (χ1n) is 13.3. The standard InChI is InChI=1S/C27H33ClF2N5O5S2Si/c1-27(2,3)40-26(36)35(24-14-41-15-32-24)42(37,38)23-10-19(28)22(11-21(23)30)31-13-18-20(29)7-6-17-12-33-34(25(17)18)16-39-8-9-43(4)5/h6-7,10-12,15,24,31H,8-9,13-14,16H2,1-5H3. The lowest BCUT2D eigenvalue weighted by molar-refractivity contribution is 0.0355. The third kappa shape index (κ3) is 7.87. The zero-order valence-electron chi connectivity index (χ0n) is 24.4. The van der Waals surface area contributed by atoms with Gasteiger partial charge in [0.05, 0.1) is 28.0 Å². The second kappa shape index (κ2) is 13.5. The van der Waals surface area contributed by atoms with Crippen molar-refractivity contribution in [3.8, 4) is 0 Å². The first-order chi connectivity index (χ1) is 20.2. The van der Waals surface area contributed by atoms with Gasteiger partial charge in [0.2, 0.25) is 0 Å². The Morgan fingerprint density at radius 2 is 2.00 bits per heavy atom. The summed E-state index contributed by atoms with van der Waals surface area (Å²) in [6, 6.07) is 5.67. The zero-order chi connectivity index (χ0) is 31.5. The Morgan fingerprint density at radius 1 is 1.26 bits per heavy atom. The third-order valence-corrected chi connectivity index (χ3v) is 10.3. The number of rotatable bonds is 11. The maximum absolute atomic E-state index is 15.5. The molecule has 2 aromatic carbocycles. The van der Waals surface area contributed by atoms with Crippen LogP contribution in [0.2, 0.25) is 24.2 Å². The summed E-state index contributed by atoms with van der Waals surface area (Å²) in [7, 11) is -5.23. The number of fused-ring (bicyclic) bond motifs is 1. The van der Waals surface area contributed by atoms with Crippen LogP contribution in [0.4, 0.5) is 19.3 Å². The number of amides is 1. The van der Waals surface area contributed by atoms with Gasteiger partial charge in [0.1, 0.15) is 28.9 Å². The zero-order valence-corrected chi connectivity index (χ0v) is 27.7. The minimum atomic E-state index is -4.78. The molecule has 0 saturated carbocycles. The number of carbonyl (C=O) groups excluding carboxylic acids is 1. The Balaban J connectivity index is 1.60. The van der Waals surface area contributed by atoms with Crippen LogP contribution in [-0.4, -0.2) is 67.1 Å². The van der Waals surface area contributed by atoms with Gasteiger partial charge in [-0.05, 0) is 51.1 Å². The number of aromatic nitrogens is 2. The summed E-state index contributed by atoms with van der Waals surface area (Å²) in [5, 5.41) is 7.75. The van der Waals surface area contributed by atoms with Gasteiger partial charge in [-0.1, -0.05) is 24.7 Å². The molecule has 1 aliphatic rings. The Bertz CT molecular complexity index is 1630. The van der Waals surface area contributed by atoms with Crippen molar-refractivity contribution in [3.63, 3.8) is 0 Å². The molecule has 2 heterocycles. The lowest BCUT2D eigenvalue weighted by atomic mass is 10.1. The molecule has 10 nitrogen and oxygen atoms in total. The van der Waals surface area contributed by atoms with E-state index in [1.54, 1.807) is 37.7 Å². The lowest BCUT2D eigenvalue weighted by Gasteiger charge is -2.29. The van der Waals surface area contributed by atoms with Gasteiger partial charge in [0.15, 0.2) is 6.17 Å². The molecule has 233 valence electrons. The van der Waals surface area contributed by atoms with Crippen molar-refractivity contribution in [2.45, 2.75) is 69.8 Å². The molecule has 0 saturated heterocycles. The van der Waals surface area contributed by atoms with Gasteiger partial charge in [-0.2, -0.15) is 9.40 Å². The smallest absolute Gasteiger partial charge is 0.426 e. The van der Waals surface area contributed by atoms with Crippen LogP contribution in [0.15, 0.2) is 40.4 Å². The predicted octanol–water partition coefficient (Wildman–Crippen LogP) is 6.34. The van der Waals surface area contributed by atoms with Gasteiger partial charge in [-0.3, -0.25) is 4.99 Å². The monoisotopic (exact) mass is 672 g/mol. The molecule has 1 aliphatic heterocycles. The summed E-state index contributed by atoms with van der Waals surface area (Å²) >= 11 is 7.61. The molecule has 4 rings (SSSR count). The van der Waals surface area contributed by atoms with Crippen molar-refractivity contribution >= 4 is 70.4 Å². The van der Waals surface area contributed by atoms with E-state index in [1.807, 2.05) is 0 Å². The summed E-state index contributed by atoms with van der Waals surface area (Å²) < 4.78 is 70.8. The first-order valence-corrected chi connectivity index (χ1v) is 18.9. The average molecular weight is 673 g/mol. The van der Waals surface area contributed by atoms with Crippen molar-refractivity contribution < 1.29 is 31.5 Å². The van der Waals surface area contributed by atoms with Crippen molar-refractivity contribution in [1.29, 1.82) is 0 Å². The molecule has 1 atom stereocenters. The van der Waals surface area contributed by atoms with Crippen molar-refractivity contribution in [2.24, 2.45) is 4.99 Å². The number of halogens is 3. The molecule has 43 heavy (non-hydrogen) atoms. The maximum Gasteiger partial charge on any atom is 0.426 e. The second-order valence-electron chi connectivity index (χ2n) is 11.1. The molecular formula is C27H33ClF2N5O5S2Si. The Hall–Kier alpha value is -2.72. The molecule has 0 aliphatic carbocycles. The van der Waals surface area contributed by atoms with Crippen molar-refractivity contribution in [1.82, 2.24) is 14.1 Å². The highest BCUT2D eigenvalue weighted by molar-refractivity contribution is 8.12. The van der Waals surface area contributed by atoms with E-state index >= 15 is 8.78 Å². The molecule has 16 heteroatoms. The highest BCUT2D eigenvalue weighted by atomic mass is 35.5. The maximum atomic E-state index is 15.5. The fourth-order valence-electron chi connectivity index (χ4n) is 4.17. The predicted molar refractivity (Wildman–Crippen MR) is 167 cm³/mol. The van der Waals surface area contributed by atoms with E-state index in [9.17, 15) is 13.2 Å². The van der Waals surface area contributed by atoms with Gasteiger partial charge in [0, 0.05) is 38.7 Å². The Kier molecular flexibility index (Phi) is 10.4. The van der Waals surface area contributed by atoms with Crippen LogP contribution in [0.25, 0.3) is 10.9 Å². The number of nitrogens with zero attached hydrogens (tertiary/aromatic N) is 4. The molecule has 0 bridgehead atoms. The Morgan fingerprint density at radius 3 is 2.65 bits per heavy atom. The van der Waals surface area contributed by atoms with Crippen LogP contribution in [0.3, 0.4) is 0 Å². The number of hydrogen-bond acceptors (Lipinski definition) is 9. The molecule has 0 spiro atoms. The van der Waals surface area contributed by atoms with Gasteiger partial charge in [-0.15, -0.1) is 11.8 Å². The van der Waals surface area contributed by atoms with E-state index in [2.05, 4.69) is 28.5 Å². The molecule has 1 aromatic heterocycles. The van der Waals surface area contributed by atoms with Crippen LogP contribution < -0.4 is 5.32 Å². The molecule has 1 N–H and O–H groups in total. The molecule has 0 fully saturated rings. The number of thioether (sulfide) groups is 1. The Labute approximate surface area is 260 Å². The number of aliphatic imine (C=N–C) groups is 1. The SMILES string of the molecule is C[Si](C)CCOCn1ncc2ccc(F)c(CNc3cc(F)c(S(=O)(=O)N(C(=O)OC(C)(C)C)C4CSC=N4)cc3Cl)c21. The van der Waals surface area contributed by atoms with Crippen LogP contribution >= 0.6 is 23.4 Å². The molecule has 1 unspecified atom stereocenters. The molecular weight excluding hydrogens is 640 g/mol. The normalized spacial score (nSPS) is 15.4. The number of benzene rings is 2. The van der Waals surface area contributed by atoms with Crippen LogP contribution in [0.1, 0.15) is 26.3 Å². The highest BCUT2D eigenvalue weighted by Gasteiger charge is 2.41. The fraction of sp³-hybridized carbons (Fsp3) is 0.444. The second-order valence-corrected chi connectivity index (χ2v) is 17.1. The summed E-state index contributed by atoms with van der Waals surface area (Å²) in [6.07, 6.45) is -0.707. The first kappa shape index (κ1) is 33.2. The summed E-state index contributed by atoms with van der Waals surface area (Å²) in [4.78, 5) is 16.2. The van der Waals surface area contributed by atoms with Gasteiger partial charge in [-0.25, -0.2) is 26.7 Å².